The third kappa shape index (κ3) is 3.30. The summed E-state index contributed by atoms with van der Waals surface area (Å²) in [7, 11) is 1.58. The lowest BCUT2D eigenvalue weighted by atomic mass is 9.75. The topological polar surface area (TPSA) is 97.5 Å². The molecule has 0 bridgehead atoms. The molecule has 2 heterocycles. The molecule has 2 aromatic rings. The van der Waals surface area contributed by atoms with Crippen molar-refractivity contribution in [3.05, 3.63) is 40.3 Å². The summed E-state index contributed by atoms with van der Waals surface area (Å²) in [5, 5.41) is 14.4. The lowest BCUT2D eigenvalue weighted by Crippen LogP contribution is -2.41. The van der Waals surface area contributed by atoms with Gasteiger partial charge >= 0.3 is 0 Å². The van der Waals surface area contributed by atoms with Gasteiger partial charge in [0, 0.05) is 6.20 Å². The first-order valence-electron chi connectivity index (χ1n) is 7.39. The van der Waals surface area contributed by atoms with E-state index in [0.29, 0.717) is 29.2 Å². The van der Waals surface area contributed by atoms with Gasteiger partial charge in [-0.1, -0.05) is 0 Å². The van der Waals surface area contributed by atoms with E-state index in [1.807, 2.05) is 6.07 Å². The maximum absolute atomic E-state index is 12.5. The number of thiophene rings is 1. The molecule has 0 spiro atoms. The van der Waals surface area contributed by atoms with Crippen LogP contribution in [-0.4, -0.2) is 29.2 Å². The van der Waals surface area contributed by atoms with E-state index in [4.69, 9.17) is 10.5 Å². The monoisotopic (exact) mass is 333 g/mol. The third-order valence-electron chi connectivity index (χ3n) is 4.14. The fourth-order valence-electron chi connectivity index (χ4n) is 2.80. The second-order valence-corrected chi connectivity index (χ2v) is 6.62. The minimum Gasteiger partial charge on any atom is -0.495 e. The predicted molar refractivity (Wildman–Crippen MR) is 88.5 cm³/mol. The number of anilines is 1. The number of nitrogens with two attached hydrogens (primary N) is 1. The van der Waals surface area contributed by atoms with Crippen LogP contribution in [0.3, 0.4) is 0 Å². The van der Waals surface area contributed by atoms with Gasteiger partial charge in [-0.2, -0.15) is 0 Å². The predicted octanol–water partition coefficient (Wildman–Crippen LogP) is 1.98. The molecular weight excluding hydrogens is 314 g/mol. The minimum atomic E-state index is -0.301. The first-order chi connectivity index (χ1) is 11.1. The number of pyridine rings is 1. The van der Waals surface area contributed by atoms with Gasteiger partial charge in [0.25, 0.3) is 5.91 Å². The van der Waals surface area contributed by atoms with E-state index in [0.717, 1.165) is 5.56 Å². The normalized spacial score (nSPS) is 21.3. The van der Waals surface area contributed by atoms with Crippen molar-refractivity contribution in [1.82, 2.24) is 10.3 Å². The largest absolute Gasteiger partial charge is 0.495 e. The number of nitrogens with one attached hydrogen (secondary N) is 1. The zero-order valence-corrected chi connectivity index (χ0v) is 13.5. The molecule has 1 saturated carbocycles. The van der Waals surface area contributed by atoms with E-state index < -0.39 is 0 Å². The van der Waals surface area contributed by atoms with Crippen molar-refractivity contribution < 1.29 is 14.6 Å². The highest BCUT2D eigenvalue weighted by atomic mass is 32.1. The Morgan fingerprint density at radius 1 is 1.52 bits per heavy atom. The van der Waals surface area contributed by atoms with Crippen molar-refractivity contribution in [3.63, 3.8) is 0 Å². The van der Waals surface area contributed by atoms with Crippen LogP contribution < -0.4 is 15.8 Å². The highest BCUT2D eigenvalue weighted by Crippen LogP contribution is 2.39. The van der Waals surface area contributed by atoms with E-state index in [-0.39, 0.29) is 24.0 Å². The van der Waals surface area contributed by atoms with Gasteiger partial charge in [-0.3, -0.25) is 9.78 Å². The molecular formula is C16H19N3O3S. The number of aromatic nitrogens is 1. The number of hydrogen-bond donors (Lipinski definition) is 3. The summed E-state index contributed by atoms with van der Waals surface area (Å²) in [4.78, 5) is 17.2. The zero-order valence-electron chi connectivity index (χ0n) is 12.7. The Bertz CT molecular complexity index is 697. The molecule has 1 unspecified atom stereocenters. The molecule has 1 aliphatic carbocycles. The van der Waals surface area contributed by atoms with Gasteiger partial charge in [0.1, 0.15) is 10.6 Å². The van der Waals surface area contributed by atoms with Crippen LogP contribution in [-0.2, 0) is 0 Å². The summed E-state index contributed by atoms with van der Waals surface area (Å²) in [6.07, 6.45) is 4.35. The molecule has 0 radical (unpaired) electrons. The van der Waals surface area contributed by atoms with Crippen LogP contribution in [0.25, 0.3) is 0 Å². The number of nitrogens with zero attached hydrogens (tertiary/aromatic N) is 1. The number of ether oxygens (including phenoxy) is 1. The molecule has 3 rings (SSSR count). The number of methoxy groups -OCH3 is 1. The van der Waals surface area contributed by atoms with Crippen molar-refractivity contribution in [3.8, 4) is 5.75 Å². The standard InChI is InChI=1S/C16H19N3O3S/c1-22-12-6-10(7-18-8-12)14(9-4-11(20)5-9)19-16(21)15-13(17)2-3-23-15/h2-3,6-9,11,14,20H,4-5,17H2,1H3,(H,19,21). The molecule has 0 saturated heterocycles. The lowest BCUT2D eigenvalue weighted by Gasteiger charge is -2.38. The quantitative estimate of drug-likeness (QED) is 0.777. The van der Waals surface area contributed by atoms with E-state index in [9.17, 15) is 9.90 Å². The second-order valence-electron chi connectivity index (χ2n) is 5.70. The van der Waals surface area contributed by atoms with Crippen molar-refractivity contribution in [1.29, 1.82) is 0 Å². The summed E-state index contributed by atoms with van der Waals surface area (Å²) in [5.74, 6) is 0.605. The van der Waals surface area contributed by atoms with Gasteiger partial charge in [0.05, 0.1) is 31.1 Å². The summed E-state index contributed by atoms with van der Waals surface area (Å²) < 4.78 is 5.21. The van der Waals surface area contributed by atoms with Crippen LogP contribution in [0.4, 0.5) is 5.69 Å². The van der Waals surface area contributed by atoms with Crippen LogP contribution >= 0.6 is 11.3 Å². The highest BCUT2D eigenvalue weighted by Gasteiger charge is 2.36. The van der Waals surface area contributed by atoms with E-state index >= 15 is 0 Å². The summed E-state index contributed by atoms with van der Waals surface area (Å²) in [6.45, 7) is 0. The number of amides is 1. The Kier molecular flexibility index (Phi) is 4.49. The number of rotatable bonds is 5. The first kappa shape index (κ1) is 15.8. The Morgan fingerprint density at radius 2 is 2.30 bits per heavy atom. The fraction of sp³-hybridized carbons (Fsp3) is 0.375. The van der Waals surface area contributed by atoms with Gasteiger partial charge < -0.3 is 20.9 Å². The van der Waals surface area contributed by atoms with Gasteiger partial charge in [0.15, 0.2) is 0 Å². The molecule has 4 N–H and O–H groups in total. The number of carbonyl (C=O) groups is 1. The molecule has 122 valence electrons. The van der Waals surface area contributed by atoms with Crippen molar-refractivity contribution in [2.45, 2.75) is 25.0 Å². The molecule has 2 aromatic heterocycles. The Balaban J connectivity index is 1.84. The van der Waals surface area contributed by atoms with Gasteiger partial charge in [-0.15, -0.1) is 11.3 Å². The molecule has 1 fully saturated rings. The van der Waals surface area contributed by atoms with Gasteiger partial charge in [-0.25, -0.2) is 0 Å². The Morgan fingerprint density at radius 3 is 2.91 bits per heavy atom. The maximum Gasteiger partial charge on any atom is 0.263 e. The van der Waals surface area contributed by atoms with Crippen LogP contribution in [0.15, 0.2) is 29.9 Å². The Labute approximate surface area is 138 Å². The summed E-state index contributed by atoms with van der Waals surface area (Å²) >= 11 is 1.31. The third-order valence-corrected chi connectivity index (χ3v) is 5.07. The zero-order chi connectivity index (χ0) is 16.4. The molecule has 23 heavy (non-hydrogen) atoms. The molecule has 7 heteroatoms. The van der Waals surface area contributed by atoms with Crippen molar-refractivity contribution >= 4 is 22.9 Å². The second kappa shape index (κ2) is 6.55. The number of hydrogen-bond acceptors (Lipinski definition) is 6. The first-order valence-corrected chi connectivity index (χ1v) is 8.27. The molecule has 1 atom stereocenters. The summed E-state index contributed by atoms with van der Waals surface area (Å²) in [6, 6.07) is 3.35. The Hall–Kier alpha value is -2.12. The fourth-order valence-corrected chi connectivity index (χ4v) is 3.52. The SMILES string of the molecule is COc1cncc(C(NC(=O)c2sccc2N)C2CC(O)C2)c1. The van der Waals surface area contributed by atoms with Gasteiger partial charge in [0.2, 0.25) is 0 Å². The van der Waals surface area contributed by atoms with E-state index in [1.54, 1.807) is 30.9 Å². The van der Waals surface area contributed by atoms with Crippen molar-refractivity contribution in [2.24, 2.45) is 5.92 Å². The van der Waals surface area contributed by atoms with E-state index in [1.165, 1.54) is 11.3 Å². The lowest BCUT2D eigenvalue weighted by molar-refractivity contribution is 0.0235. The number of aliphatic hydroxyl groups is 1. The van der Waals surface area contributed by atoms with Crippen LogP contribution in [0.5, 0.6) is 5.75 Å². The van der Waals surface area contributed by atoms with Crippen LogP contribution in [0.2, 0.25) is 0 Å². The van der Waals surface area contributed by atoms with Crippen LogP contribution in [0, 0.1) is 5.92 Å². The number of aliphatic hydroxyl groups excluding tert-OH is 1. The summed E-state index contributed by atoms with van der Waals surface area (Å²) in [5.41, 5.74) is 7.16. The minimum absolute atomic E-state index is 0.170. The van der Waals surface area contributed by atoms with E-state index in [2.05, 4.69) is 10.3 Å². The smallest absolute Gasteiger partial charge is 0.263 e. The number of nitrogen functional groups attached to an aromatic ring is 1. The highest BCUT2D eigenvalue weighted by molar-refractivity contribution is 7.12. The molecule has 0 aliphatic heterocycles. The van der Waals surface area contributed by atoms with Crippen molar-refractivity contribution in [2.75, 3.05) is 12.8 Å². The molecule has 0 aromatic carbocycles. The number of carbonyl (C=O) groups excluding carboxylic acids is 1. The average molecular weight is 333 g/mol. The molecule has 1 amide bonds. The molecule has 6 nitrogen and oxygen atoms in total. The van der Waals surface area contributed by atoms with Crippen LogP contribution in [0.1, 0.15) is 34.1 Å². The molecule has 1 aliphatic rings. The average Bonchev–Trinajstić information content (AvgIpc) is 2.96. The maximum atomic E-state index is 12.5. The van der Waals surface area contributed by atoms with Gasteiger partial charge in [-0.05, 0) is 41.8 Å².